The van der Waals surface area contributed by atoms with Crippen LogP contribution in [0.15, 0.2) is 54.3 Å². The Hall–Kier alpha value is -1.92. The van der Waals surface area contributed by atoms with Gasteiger partial charge < -0.3 is 4.74 Å². The molecule has 0 saturated carbocycles. The summed E-state index contributed by atoms with van der Waals surface area (Å²) in [5.74, 6) is 0.283. The second-order valence-electron chi connectivity index (χ2n) is 4.53. The topological polar surface area (TPSA) is 9.23 Å². The number of hydrogen-bond acceptors (Lipinski definition) is 1. The van der Waals surface area contributed by atoms with Crippen molar-refractivity contribution in [3.8, 4) is 5.75 Å². The minimum Gasteiger partial charge on any atom is -0.458 e. The average molecular weight is 308 g/mol. The lowest BCUT2D eigenvalue weighted by atomic mass is 9.79. The summed E-state index contributed by atoms with van der Waals surface area (Å²) in [6.07, 6.45) is -10.5. The van der Waals surface area contributed by atoms with Gasteiger partial charge in [0.25, 0.3) is 0 Å². The largest absolute Gasteiger partial charge is 0.458 e. The van der Waals surface area contributed by atoms with Gasteiger partial charge in [0.05, 0.1) is 0 Å². The van der Waals surface area contributed by atoms with Crippen molar-refractivity contribution in [3.63, 3.8) is 0 Å². The van der Waals surface area contributed by atoms with Gasteiger partial charge in [-0.25, -0.2) is 0 Å². The second-order valence-corrected chi connectivity index (χ2v) is 4.53. The molecule has 0 N–H and O–H groups in total. The third kappa shape index (κ3) is 2.91. The van der Waals surface area contributed by atoms with Crippen molar-refractivity contribution in [2.75, 3.05) is 0 Å². The summed E-state index contributed by atoms with van der Waals surface area (Å²) in [4.78, 5) is 0. The zero-order valence-electron chi connectivity index (χ0n) is 10.5. The molecule has 0 amide bonds. The van der Waals surface area contributed by atoms with Crippen molar-refractivity contribution < 1.29 is 31.1 Å². The molecule has 0 unspecified atom stereocenters. The Kier molecular flexibility index (Phi) is 3.78. The van der Waals surface area contributed by atoms with Crippen LogP contribution in [0, 0.1) is 5.41 Å². The average Bonchev–Trinajstić information content (AvgIpc) is 2.38. The van der Waals surface area contributed by atoms with Crippen LogP contribution in [-0.2, 0) is 0 Å². The minimum atomic E-state index is -5.42. The Bertz CT molecular complexity index is 539. The summed E-state index contributed by atoms with van der Waals surface area (Å²) in [6.45, 7) is 0. The number of allylic oxidation sites excluding steroid dienone is 3. The Morgan fingerprint density at radius 2 is 1.48 bits per heavy atom. The predicted octanol–water partition coefficient (Wildman–Crippen LogP) is 5.02. The van der Waals surface area contributed by atoms with Gasteiger partial charge in [-0.05, 0) is 30.7 Å². The van der Waals surface area contributed by atoms with Crippen LogP contribution in [0.3, 0.4) is 0 Å². The van der Waals surface area contributed by atoms with E-state index in [-0.39, 0.29) is 11.8 Å². The molecule has 0 aliphatic heterocycles. The normalized spacial score (nSPS) is 18.3. The van der Waals surface area contributed by atoms with E-state index in [2.05, 4.69) is 0 Å². The van der Waals surface area contributed by atoms with Crippen LogP contribution < -0.4 is 4.74 Å². The Morgan fingerprint density at radius 1 is 0.905 bits per heavy atom. The van der Waals surface area contributed by atoms with Crippen molar-refractivity contribution >= 4 is 0 Å². The fraction of sp³-hybridized carbons (Fsp3) is 0.286. The van der Waals surface area contributed by atoms with Gasteiger partial charge in [0.2, 0.25) is 0 Å². The first kappa shape index (κ1) is 15.5. The maximum Gasteiger partial charge on any atom is 0.406 e. The van der Waals surface area contributed by atoms with Crippen LogP contribution in [0.1, 0.15) is 6.42 Å². The number of hydrogen-bond donors (Lipinski definition) is 0. The lowest BCUT2D eigenvalue weighted by Gasteiger charge is -2.35. The molecule has 1 nitrogen and oxygen atoms in total. The molecular formula is C14H10F6O. The second kappa shape index (κ2) is 5.13. The van der Waals surface area contributed by atoms with Gasteiger partial charge in [0.1, 0.15) is 11.5 Å². The van der Waals surface area contributed by atoms with Gasteiger partial charge in [-0.3, -0.25) is 0 Å². The van der Waals surface area contributed by atoms with Gasteiger partial charge in [-0.15, -0.1) is 0 Å². The lowest BCUT2D eigenvalue weighted by Crippen LogP contribution is -2.49. The molecule has 21 heavy (non-hydrogen) atoms. The third-order valence-corrected chi connectivity index (χ3v) is 3.15. The fourth-order valence-electron chi connectivity index (χ4n) is 1.90. The summed E-state index contributed by atoms with van der Waals surface area (Å²) < 4.78 is 82.0. The highest BCUT2D eigenvalue weighted by Crippen LogP contribution is 2.55. The number of para-hydroxylation sites is 1. The Labute approximate surface area is 116 Å². The van der Waals surface area contributed by atoms with Crippen molar-refractivity contribution in [2.24, 2.45) is 5.41 Å². The van der Waals surface area contributed by atoms with Crippen LogP contribution in [0.4, 0.5) is 26.3 Å². The predicted molar refractivity (Wildman–Crippen MR) is 63.5 cm³/mol. The van der Waals surface area contributed by atoms with Crippen LogP contribution in [0.25, 0.3) is 0 Å². The van der Waals surface area contributed by atoms with E-state index in [0.717, 1.165) is 6.08 Å². The summed E-state index contributed by atoms with van der Waals surface area (Å²) in [5.41, 5.74) is -3.86. The third-order valence-electron chi connectivity index (χ3n) is 3.15. The summed E-state index contributed by atoms with van der Waals surface area (Å²) in [6, 6.07) is 8.07. The van der Waals surface area contributed by atoms with E-state index in [1.807, 2.05) is 0 Å². The molecule has 1 aliphatic rings. The van der Waals surface area contributed by atoms with E-state index in [1.165, 1.54) is 0 Å². The fourth-order valence-corrected chi connectivity index (χ4v) is 1.90. The van der Waals surface area contributed by atoms with E-state index < -0.39 is 24.2 Å². The van der Waals surface area contributed by atoms with E-state index >= 15 is 0 Å². The molecule has 114 valence electrons. The van der Waals surface area contributed by atoms with Gasteiger partial charge in [-0.1, -0.05) is 24.3 Å². The van der Waals surface area contributed by atoms with E-state index in [0.29, 0.717) is 11.8 Å². The van der Waals surface area contributed by atoms with Crippen LogP contribution in [0.5, 0.6) is 5.75 Å². The number of ether oxygens (including phenoxy) is 1. The molecule has 1 aromatic rings. The molecular weight excluding hydrogens is 298 g/mol. The summed E-state index contributed by atoms with van der Waals surface area (Å²) in [7, 11) is 0. The van der Waals surface area contributed by atoms with Crippen molar-refractivity contribution in [3.05, 3.63) is 54.3 Å². The first-order chi connectivity index (χ1) is 9.66. The molecule has 0 atom stereocenters. The summed E-state index contributed by atoms with van der Waals surface area (Å²) >= 11 is 0. The maximum atomic E-state index is 12.8. The van der Waals surface area contributed by atoms with Crippen molar-refractivity contribution in [1.29, 1.82) is 0 Å². The van der Waals surface area contributed by atoms with Crippen LogP contribution >= 0.6 is 0 Å². The molecule has 1 aromatic carbocycles. The number of benzene rings is 1. The van der Waals surface area contributed by atoms with E-state index in [9.17, 15) is 26.3 Å². The number of rotatable bonds is 2. The van der Waals surface area contributed by atoms with Gasteiger partial charge in [0.15, 0.2) is 5.41 Å². The van der Waals surface area contributed by atoms with Gasteiger partial charge >= 0.3 is 12.4 Å². The van der Waals surface area contributed by atoms with E-state index in [1.54, 1.807) is 30.3 Å². The minimum absolute atomic E-state index is 0.0506. The first-order valence-electron chi connectivity index (χ1n) is 5.91. The Balaban J connectivity index is 2.22. The zero-order valence-corrected chi connectivity index (χ0v) is 10.5. The molecule has 1 aliphatic carbocycles. The molecule has 2 rings (SSSR count). The quantitative estimate of drug-likeness (QED) is 0.697. The van der Waals surface area contributed by atoms with Crippen LogP contribution in [0.2, 0.25) is 0 Å². The maximum absolute atomic E-state index is 12.8. The zero-order chi connectivity index (χ0) is 15.7. The van der Waals surface area contributed by atoms with Gasteiger partial charge in [0, 0.05) is 0 Å². The van der Waals surface area contributed by atoms with Crippen LogP contribution in [-0.4, -0.2) is 12.4 Å². The van der Waals surface area contributed by atoms with Crippen molar-refractivity contribution in [1.82, 2.24) is 0 Å². The number of halogens is 6. The standard InChI is InChI=1S/C14H10F6O/c15-13(16,17)12(14(18,19)20)8-6-11(7-9-12)21-10-4-2-1-3-5-10/h1-8H,9H2. The highest BCUT2D eigenvalue weighted by atomic mass is 19.4. The SMILES string of the molecule is FC(F)(F)C1(C(F)(F)F)C=CC(Oc2ccccc2)=CC1. The molecule has 0 fully saturated rings. The highest BCUT2D eigenvalue weighted by Gasteiger charge is 2.69. The van der Waals surface area contributed by atoms with E-state index in [4.69, 9.17) is 4.74 Å². The first-order valence-corrected chi connectivity index (χ1v) is 5.91. The molecule has 0 bridgehead atoms. The highest BCUT2D eigenvalue weighted by molar-refractivity contribution is 5.31. The monoisotopic (exact) mass is 308 g/mol. The summed E-state index contributed by atoms with van der Waals surface area (Å²) in [5, 5.41) is 0. The molecule has 0 radical (unpaired) electrons. The lowest BCUT2D eigenvalue weighted by molar-refractivity contribution is -0.320. The molecule has 7 heteroatoms. The van der Waals surface area contributed by atoms with Crippen molar-refractivity contribution in [2.45, 2.75) is 18.8 Å². The Morgan fingerprint density at radius 3 is 1.90 bits per heavy atom. The molecule has 0 spiro atoms. The molecule has 0 heterocycles. The molecule has 0 aromatic heterocycles. The van der Waals surface area contributed by atoms with Gasteiger partial charge in [-0.2, -0.15) is 26.3 Å². The molecule has 0 saturated heterocycles. The number of alkyl halides is 6. The smallest absolute Gasteiger partial charge is 0.406 e.